The van der Waals surface area contributed by atoms with Crippen molar-refractivity contribution >= 4 is 17.6 Å². The summed E-state index contributed by atoms with van der Waals surface area (Å²) >= 11 is 6.03. The van der Waals surface area contributed by atoms with E-state index in [1.807, 2.05) is 55.2 Å². The fraction of sp³-hybridized carbons (Fsp3) is 0.353. The smallest absolute Gasteiger partial charge is 0.194 e. The van der Waals surface area contributed by atoms with Gasteiger partial charge in [-0.3, -0.25) is 4.99 Å². The quantitative estimate of drug-likeness (QED) is 0.675. The summed E-state index contributed by atoms with van der Waals surface area (Å²) in [5.41, 5.74) is 2.30. The maximum atomic E-state index is 6.03. The third kappa shape index (κ3) is 4.66. The predicted molar refractivity (Wildman–Crippen MR) is 95.1 cm³/mol. The molecule has 0 atom stereocenters. The Hall–Kier alpha value is -2.14. The SMILES string of the molecule is CN=C(NCc1ccc(OC)cc1)N(C)Cc1cc(Cl)cn1C. The minimum absolute atomic E-state index is 0.703. The fourth-order valence-electron chi connectivity index (χ4n) is 2.35. The van der Waals surface area contributed by atoms with Crippen LogP contribution in [0.2, 0.25) is 5.02 Å². The molecule has 0 aliphatic rings. The molecule has 0 saturated carbocycles. The van der Waals surface area contributed by atoms with Crippen LogP contribution in [0.5, 0.6) is 5.75 Å². The van der Waals surface area contributed by atoms with Crippen molar-refractivity contribution in [3.8, 4) is 5.75 Å². The molecule has 5 nitrogen and oxygen atoms in total. The Labute approximate surface area is 142 Å². The molecule has 0 bridgehead atoms. The second kappa shape index (κ2) is 7.92. The molecule has 1 aromatic heterocycles. The summed E-state index contributed by atoms with van der Waals surface area (Å²) in [6, 6.07) is 9.95. The highest BCUT2D eigenvalue weighted by atomic mass is 35.5. The summed E-state index contributed by atoms with van der Waals surface area (Å²) in [5.74, 6) is 1.69. The molecule has 0 aliphatic carbocycles. The minimum Gasteiger partial charge on any atom is -0.497 e. The summed E-state index contributed by atoms with van der Waals surface area (Å²) in [7, 11) is 7.44. The highest BCUT2D eigenvalue weighted by Crippen LogP contribution is 2.14. The number of halogens is 1. The number of guanidine groups is 1. The molecule has 1 N–H and O–H groups in total. The molecule has 0 saturated heterocycles. The number of aromatic nitrogens is 1. The molecule has 6 heteroatoms. The zero-order chi connectivity index (χ0) is 16.8. The van der Waals surface area contributed by atoms with Gasteiger partial charge in [-0.05, 0) is 23.8 Å². The zero-order valence-corrected chi connectivity index (χ0v) is 14.8. The molecule has 0 radical (unpaired) electrons. The lowest BCUT2D eigenvalue weighted by Gasteiger charge is -2.22. The van der Waals surface area contributed by atoms with Gasteiger partial charge >= 0.3 is 0 Å². The van der Waals surface area contributed by atoms with Gasteiger partial charge in [-0.15, -0.1) is 0 Å². The lowest BCUT2D eigenvalue weighted by atomic mass is 10.2. The average molecular weight is 335 g/mol. The summed E-state index contributed by atoms with van der Waals surface area (Å²) in [6.07, 6.45) is 1.90. The van der Waals surface area contributed by atoms with Crippen LogP contribution in [0.3, 0.4) is 0 Å². The number of ether oxygens (including phenoxy) is 1. The molecule has 2 rings (SSSR count). The van der Waals surface area contributed by atoms with E-state index in [0.717, 1.165) is 29.0 Å². The van der Waals surface area contributed by atoms with Crippen LogP contribution in [0.25, 0.3) is 0 Å². The van der Waals surface area contributed by atoms with Crippen LogP contribution in [0.1, 0.15) is 11.3 Å². The van der Waals surface area contributed by atoms with E-state index in [-0.39, 0.29) is 0 Å². The van der Waals surface area contributed by atoms with Crippen LogP contribution in [-0.2, 0) is 20.1 Å². The number of hydrogen-bond acceptors (Lipinski definition) is 2. The highest BCUT2D eigenvalue weighted by Gasteiger charge is 2.09. The molecule has 0 unspecified atom stereocenters. The van der Waals surface area contributed by atoms with E-state index < -0.39 is 0 Å². The van der Waals surface area contributed by atoms with Gasteiger partial charge < -0.3 is 19.5 Å². The van der Waals surface area contributed by atoms with E-state index in [1.54, 1.807) is 14.2 Å². The van der Waals surface area contributed by atoms with Crippen molar-refractivity contribution in [1.82, 2.24) is 14.8 Å². The molecular formula is C17H23ClN4O. The Morgan fingerprint density at radius 3 is 2.57 bits per heavy atom. The molecule has 124 valence electrons. The predicted octanol–water partition coefficient (Wildman–Crippen LogP) is 2.89. The summed E-state index contributed by atoms with van der Waals surface area (Å²) in [5, 5.41) is 4.11. The highest BCUT2D eigenvalue weighted by molar-refractivity contribution is 6.30. The van der Waals surface area contributed by atoms with E-state index in [4.69, 9.17) is 16.3 Å². The number of nitrogens with zero attached hydrogens (tertiary/aromatic N) is 3. The summed E-state index contributed by atoms with van der Waals surface area (Å²) in [6.45, 7) is 1.43. The average Bonchev–Trinajstić information content (AvgIpc) is 2.86. The Balaban J connectivity index is 1.94. The maximum Gasteiger partial charge on any atom is 0.194 e. The molecular weight excluding hydrogens is 312 g/mol. The number of benzene rings is 1. The van der Waals surface area contributed by atoms with Crippen LogP contribution >= 0.6 is 11.6 Å². The third-order valence-corrected chi connectivity index (χ3v) is 3.86. The van der Waals surface area contributed by atoms with Gasteiger partial charge in [0, 0.05) is 39.6 Å². The summed E-state index contributed by atoms with van der Waals surface area (Å²) < 4.78 is 7.19. The van der Waals surface area contributed by atoms with Crippen LogP contribution in [0.15, 0.2) is 41.5 Å². The molecule has 0 spiro atoms. The van der Waals surface area contributed by atoms with Gasteiger partial charge in [0.2, 0.25) is 0 Å². The van der Waals surface area contributed by atoms with E-state index >= 15 is 0 Å². The molecule has 0 aliphatic heterocycles. The van der Waals surface area contributed by atoms with Crippen molar-refractivity contribution in [2.45, 2.75) is 13.1 Å². The fourth-order valence-corrected chi connectivity index (χ4v) is 2.62. The first-order valence-electron chi connectivity index (χ1n) is 7.39. The van der Waals surface area contributed by atoms with Gasteiger partial charge in [-0.25, -0.2) is 0 Å². The molecule has 0 fully saturated rings. The van der Waals surface area contributed by atoms with Crippen molar-refractivity contribution in [3.05, 3.63) is 52.8 Å². The van der Waals surface area contributed by atoms with Crippen molar-refractivity contribution < 1.29 is 4.74 Å². The third-order valence-electron chi connectivity index (χ3n) is 3.66. The number of rotatable bonds is 5. The van der Waals surface area contributed by atoms with Crippen LogP contribution in [0.4, 0.5) is 0 Å². The summed E-state index contributed by atoms with van der Waals surface area (Å²) in [4.78, 5) is 6.40. The van der Waals surface area contributed by atoms with Crippen LogP contribution in [-0.4, -0.2) is 36.6 Å². The van der Waals surface area contributed by atoms with Crippen molar-refractivity contribution in [1.29, 1.82) is 0 Å². The van der Waals surface area contributed by atoms with Crippen molar-refractivity contribution in [3.63, 3.8) is 0 Å². The van der Waals surface area contributed by atoms with Crippen molar-refractivity contribution in [2.75, 3.05) is 21.2 Å². The standard InChI is InChI=1S/C17H23ClN4O/c1-19-17(20-10-13-5-7-16(23-4)8-6-13)22(3)12-15-9-14(18)11-21(15)2/h5-9,11H,10,12H2,1-4H3,(H,19,20). The van der Waals surface area contributed by atoms with Gasteiger partial charge in [0.15, 0.2) is 5.96 Å². The lowest BCUT2D eigenvalue weighted by molar-refractivity contribution is 0.414. The van der Waals surface area contributed by atoms with E-state index in [0.29, 0.717) is 6.54 Å². The Morgan fingerprint density at radius 2 is 2.04 bits per heavy atom. The van der Waals surface area contributed by atoms with Gasteiger partial charge in [0.05, 0.1) is 18.7 Å². The Morgan fingerprint density at radius 1 is 1.35 bits per heavy atom. The monoisotopic (exact) mass is 334 g/mol. The second-order valence-electron chi connectivity index (χ2n) is 5.37. The van der Waals surface area contributed by atoms with Gasteiger partial charge in [0.1, 0.15) is 5.75 Å². The second-order valence-corrected chi connectivity index (χ2v) is 5.80. The van der Waals surface area contributed by atoms with Crippen LogP contribution in [0, 0.1) is 0 Å². The van der Waals surface area contributed by atoms with Gasteiger partial charge in [0.25, 0.3) is 0 Å². The normalized spacial score (nSPS) is 11.4. The molecule has 1 aromatic carbocycles. The molecule has 0 amide bonds. The minimum atomic E-state index is 0.703. The first kappa shape index (κ1) is 17.2. The van der Waals surface area contributed by atoms with E-state index in [9.17, 15) is 0 Å². The van der Waals surface area contributed by atoms with E-state index in [1.165, 1.54) is 5.56 Å². The molecule has 1 heterocycles. The lowest BCUT2D eigenvalue weighted by Crippen LogP contribution is -2.38. The Kier molecular flexibility index (Phi) is 5.93. The van der Waals surface area contributed by atoms with Gasteiger partial charge in [-0.2, -0.15) is 0 Å². The number of methoxy groups -OCH3 is 1. The van der Waals surface area contributed by atoms with E-state index in [2.05, 4.69) is 15.2 Å². The maximum absolute atomic E-state index is 6.03. The van der Waals surface area contributed by atoms with Crippen molar-refractivity contribution in [2.24, 2.45) is 12.0 Å². The zero-order valence-electron chi connectivity index (χ0n) is 14.0. The number of aliphatic imine (C=N–C) groups is 1. The molecule has 2 aromatic rings. The first-order chi connectivity index (χ1) is 11.0. The number of hydrogen-bond donors (Lipinski definition) is 1. The first-order valence-corrected chi connectivity index (χ1v) is 7.76. The number of aryl methyl sites for hydroxylation is 1. The largest absolute Gasteiger partial charge is 0.497 e. The van der Waals surface area contributed by atoms with Crippen LogP contribution < -0.4 is 10.1 Å². The topological polar surface area (TPSA) is 41.8 Å². The number of nitrogens with one attached hydrogen (secondary N) is 1. The molecule has 23 heavy (non-hydrogen) atoms. The van der Waals surface area contributed by atoms with Gasteiger partial charge in [-0.1, -0.05) is 23.7 Å². The Bertz CT molecular complexity index is 664.